The Bertz CT molecular complexity index is 355. The first-order chi connectivity index (χ1) is 7.81. The van der Waals surface area contributed by atoms with Crippen molar-refractivity contribution in [1.29, 1.82) is 0 Å². The molecule has 4 heteroatoms. The summed E-state index contributed by atoms with van der Waals surface area (Å²) in [4.78, 5) is 8.30. The number of aryl methyl sites for hydroxylation is 1. The molecule has 3 nitrogen and oxygen atoms in total. The molecule has 16 heavy (non-hydrogen) atoms. The Kier molecular flexibility index (Phi) is 2.96. The Morgan fingerprint density at radius 2 is 2.31 bits per heavy atom. The first-order valence-electron chi connectivity index (χ1n) is 6.18. The van der Waals surface area contributed by atoms with Crippen LogP contribution in [0.15, 0.2) is 6.20 Å². The third-order valence-electron chi connectivity index (χ3n) is 3.84. The van der Waals surface area contributed by atoms with Crippen molar-refractivity contribution < 1.29 is 0 Å². The fraction of sp³-hybridized carbons (Fsp3) is 0.750. The second-order valence-corrected chi connectivity index (χ2v) is 6.31. The molecular weight excluding hydrogens is 218 g/mol. The maximum absolute atomic E-state index is 4.40. The second kappa shape index (κ2) is 4.43. The molecule has 2 bridgehead atoms. The summed E-state index contributed by atoms with van der Waals surface area (Å²) < 4.78 is 0. The molecule has 0 radical (unpaired) electrons. The minimum absolute atomic E-state index is 0.701. The van der Waals surface area contributed by atoms with E-state index in [0.717, 1.165) is 12.5 Å². The van der Waals surface area contributed by atoms with E-state index < -0.39 is 0 Å². The molecule has 0 aliphatic carbocycles. The van der Waals surface area contributed by atoms with Gasteiger partial charge in [-0.25, -0.2) is 4.98 Å². The number of nitrogens with zero attached hydrogens (tertiary/aromatic N) is 2. The predicted octanol–water partition coefficient (Wildman–Crippen LogP) is 1.64. The van der Waals surface area contributed by atoms with Gasteiger partial charge in [0.2, 0.25) is 0 Å². The summed E-state index contributed by atoms with van der Waals surface area (Å²) in [5.74, 6) is 0.908. The van der Waals surface area contributed by atoms with Gasteiger partial charge < -0.3 is 10.2 Å². The largest absolute Gasteiger partial charge is 0.306 e. The summed E-state index contributed by atoms with van der Waals surface area (Å²) in [6.07, 6.45) is 4.74. The van der Waals surface area contributed by atoms with Crippen molar-refractivity contribution in [3.8, 4) is 0 Å². The monoisotopic (exact) mass is 237 g/mol. The van der Waals surface area contributed by atoms with Crippen molar-refractivity contribution in [3.63, 3.8) is 0 Å². The average Bonchev–Trinajstić information content (AvgIpc) is 2.74. The standard InChI is InChI=1S/C12H19N3S/c1-9-6-14-12(16-9)7-13-11-8-15-4-2-10(11)3-5-15/h6,10-11,13H,2-5,7-8H2,1H3. The van der Waals surface area contributed by atoms with Crippen LogP contribution in [-0.4, -0.2) is 35.6 Å². The van der Waals surface area contributed by atoms with Gasteiger partial charge in [-0.15, -0.1) is 11.3 Å². The average molecular weight is 237 g/mol. The molecule has 0 spiro atoms. The minimum atomic E-state index is 0.701. The molecule has 0 amide bonds. The van der Waals surface area contributed by atoms with Gasteiger partial charge >= 0.3 is 0 Å². The lowest BCUT2D eigenvalue weighted by Crippen LogP contribution is -2.55. The Labute approximate surface area is 101 Å². The van der Waals surface area contributed by atoms with E-state index in [0.29, 0.717) is 6.04 Å². The SMILES string of the molecule is Cc1cnc(CNC2CN3CCC2CC3)s1. The van der Waals surface area contributed by atoms with Crippen LogP contribution < -0.4 is 5.32 Å². The van der Waals surface area contributed by atoms with Crippen molar-refractivity contribution in [1.82, 2.24) is 15.2 Å². The van der Waals surface area contributed by atoms with E-state index in [1.807, 2.05) is 17.5 Å². The van der Waals surface area contributed by atoms with Crippen molar-refractivity contribution in [2.24, 2.45) is 5.92 Å². The number of aromatic nitrogens is 1. The van der Waals surface area contributed by atoms with Gasteiger partial charge in [0.1, 0.15) is 5.01 Å². The number of piperidine rings is 3. The van der Waals surface area contributed by atoms with Gasteiger partial charge in [-0.1, -0.05) is 0 Å². The molecular formula is C12H19N3S. The van der Waals surface area contributed by atoms with E-state index in [2.05, 4.69) is 22.1 Å². The van der Waals surface area contributed by atoms with Gasteiger partial charge in [0.15, 0.2) is 0 Å². The molecule has 3 saturated heterocycles. The highest BCUT2D eigenvalue weighted by atomic mass is 32.1. The molecule has 3 aliphatic rings. The van der Waals surface area contributed by atoms with Gasteiger partial charge in [-0.3, -0.25) is 0 Å². The summed E-state index contributed by atoms with van der Waals surface area (Å²) in [7, 11) is 0. The van der Waals surface area contributed by atoms with E-state index in [9.17, 15) is 0 Å². The van der Waals surface area contributed by atoms with Crippen LogP contribution in [0.2, 0.25) is 0 Å². The van der Waals surface area contributed by atoms with E-state index in [-0.39, 0.29) is 0 Å². The molecule has 1 atom stereocenters. The molecule has 0 aromatic carbocycles. The number of hydrogen-bond acceptors (Lipinski definition) is 4. The van der Waals surface area contributed by atoms with Gasteiger partial charge in [-0.2, -0.15) is 0 Å². The van der Waals surface area contributed by atoms with Crippen LogP contribution in [0.5, 0.6) is 0 Å². The molecule has 1 unspecified atom stereocenters. The summed E-state index contributed by atoms with van der Waals surface area (Å²) in [6.45, 7) is 6.95. The van der Waals surface area contributed by atoms with Crippen LogP contribution >= 0.6 is 11.3 Å². The van der Waals surface area contributed by atoms with Crippen LogP contribution in [0.25, 0.3) is 0 Å². The van der Waals surface area contributed by atoms with E-state index in [1.165, 1.54) is 42.4 Å². The molecule has 0 saturated carbocycles. The number of nitrogens with one attached hydrogen (secondary N) is 1. The highest BCUT2D eigenvalue weighted by Crippen LogP contribution is 2.27. The van der Waals surface area contributed by atoms with Gasteiger partial charge in [0.05, 0.1) is 0 Å². The topological polar surface area (TPSA) is 28.2 Å². The maximum Gasteiger partial charge on any atom is 0.107 e. The van der Waals surface area contributed by atoms with E-state index in [4.69, 9.17) is 0 Å². The van der Waals surface area contributed by atoms with Crippen LogP contribution in [0.3, 0.4) is 0 Å². The fourth-order valence-corrected chi connectivity index (χ4v) is 3.64. The van der Waals surface area contributed by atoms with Crippen molar-refractivity contribution in [2.75, 3.05) is 19.6 Å². The Morgan fingerprint density at radius 3 is 2.88 bits per heavy atom. The van der Waals surface area contributed by atoms with Crippen LogP contribution in [0, 0.1) is 12.8 Å². The van der Waals surface area contributed by atoms with Crippen LogP contribution in [-0.2, 0) is 6.54 Å². The molecule has 1 N–H and O–H groups in total. The molecule has 3 aliphatic heterocycles. The highest BCUT2D eigenvalue weighted by Gasteiger charge is 2.33. The summed E-state index contributed by atoms with van der Waals surface area (Å²) in [5.41, 5.74) is 0. The third kappa shape index (κ3) is 2.14. The lowest BCUT2D eigenvalue weighted by Gasteiger charge is -2.45. The number of thiazole rings is 1. The van der Waals surface area contributed by atoms with Crippen molar-refractivity contribution >= 4 is 11.3 Å². The van der Waals surface area contributed by atoms with Gasteiger partial charge in [0, 0.05) is 30.2 Å². The number of fused-ring (bicyclic) bond motifs is 3. The molecule has 1 aromatic rings. The highest BCUT2D eigenvalue weighted by molar-refractivity contribution is 7.11. The second-order valence-electron chi connectivity index (χ2n) is 4.99. The normalized spacial score (nSPS) is 33.2. The number of hydrogen-bond donors (Lipinski definition) is 1. The molecule has 88 valence electrons. The van der Waals surface area contributed by atoms with Gasteiger partial charge in [0.25, 0.3) is 0 Å². The smallest absolute Gasteiger partial charge is 0.107 e. The van der Waals surface area contributed by atoms with E-state index in [1.54, 1.807) is 0 Å². The lowest BCUT2D eigenvalue weighted by atomic mass is 9.84. The quantitative estimate of drug-likeness (QED) is 0.866. The zero-order valence-electron chi connectivity index (χ0n) is 9.78. The van der Waals surface area contributed by atoms with Crippen LogP contribution in [0.1, 0.15) is 22.7 Å². The van der Waals surface area contributed by atoms with E-state index >= 15 is 0 Å². The Morgan fingerprint density at radius 1 is 1.50 bits per heavy atom. The Balaban J connectivity index is 1.55. The Hall–Kier alpha value is -0.450. The number of rotatable bonds is 3. The maximum atomic E-state index is 4.40. The first-order valence-corrected chi connectivity index (χ1v) is 7.00. The molecule has 4 rings (SSSR count). The van der Waals surface area contributed by atoms with Gasteiger partial charge in [-0.05, 0) is 38.8 Å². The van der Waals surface area contributed by atoms with Crippen molar-refractivity contribution in [3.05, 3.63) is 16.1 Å². The minimum Gasteiger partial charge on any atom is -0.306 e. The summed E-state index contributed by atoms with van der Waals surface area (Å²) >= 11 is 1.81. The summed E-state index contributed by atoms with van der Waals surface area (Å²) in [5, 5.41) is 4.92. The molecule has 1 aromatic heterocycles. The molecule has 3 fully saturated rings. The predicted molar refractivity (Wildman–Crippen MR) is 66.6 cm³/mol. The zero-order valence-corrected chi connectivity index (χ0v) is 10.6. The molecule has 4 heterocycles. The summed E-state index contributed by atoms with van der Waals surface area (Å²) in [6, 6.07) is 0.701. The zero-order chi connectivity index (χ0) is 11.0. The third-order valence-corrected chi connectivity index (χ3v) is 4.75. The van der Waals surface area contributed by atoms with Crippen LogP contribution in [0.4, 0.5) is 0 Å². The fourth-order valence-electron chi connectivity index (χ4n) is 2.90. The van der Waals surface area contributed by atoms with Crippen molar-refractivity contribution in [2.45, 2.75) is 32.4 Å². The first kappa shape index (κ1) is 10.7. The lowest BCUT2D eigenvalue weighted by molar-refractivity contribution is 0.0720.